The van der Waals surface area contributed by atoms with Gasteiger partial charge in [0, 0.05) is 57.4 Å². The zero-order valence-electron chi connectivity index (χ0n) is 20.7. The molecule has 0 saturated carbocycles. The Balaban J connectivity index is 1.62. The second-order valence-corrected chi connectivity index (χ2v) is 10.8. The van der Waals surface area contributed by atoms with Crippen LogP contribution in [0.2, 0.25) is 0 Å². The minimum atomic E-state index is -3.73. The largest absolute Gasteiger partial charge is 0.379 e. The summed E-state index contributed by atoms with van der Waals surface area (Å²) in [7, 11) is -3.73. The van der Waals surface area contributed by atoms with E-state index in [9.17, 15) is 18.0 Å². The van der Waals surface area contributed by atoms with Crippen LogP contribution in [0.3, 0.4) is 0 Å². The molecule has 2 aliphatic rings. The maximum atomic E-state index is 13.3. The van der Waals surface area contributed by atoms with Crippen molar-refractivity contribution in [2.45, 2.75) is 18.7 Å². The standard InChI is InChI=1S/C25H33N5O5S/c1-3-28-10-12-29(13-11-28)24-9-8-22(36(33,34)30-14-16-35-17-15-30)18-23(24)27-25(32)20-4-6-21(7-5-20)26-19(2)31/h4-9,18H,3,10-17H2,1-2H3,(H,26,31)(H,27,32). The highest BCUT2D eigenvalue weighted by Crippen LogP contribution is 2.32. The lowest BCUT2D eigenvalue weighted by Crippen LogP contribution is -2.46. The van der Waals surface area contributed by atoms with Gasteiger partial charge in [-0.05, 0) is 49.0 Å². The van der Waals surface area contributed by atoms with Crippen LogP contribution < -0.4 is 15.5 Å². The number of piperazine rings is 1. The summed E-state index contributed by atoms with van der Waals surface area (Å²) < 4.78 is 33.3. The number of rotatable bonds is 7. The third-order valence-corrected chi connectivity index (χ3v) is 8.35. The number of likely N-dealkylation sites (N-methyl/N-ethyl adjacent to an activating group) is 1. The summed E-state index contributed by atoms with van der Waals surface area (Å²) in [4.78, 5) is 29.1. The van der Waals surface area contributed by atoms with Crippen LogP contribution in [0.15, 0.2) is 47.4 Å². The van der Waals surface area contributed by atoms with Crippen molar-refractivity contribution >= 4 is 38.9 Å². The molecule has 2 aromatic rings. The van der Waals surface area contributed by atoms with E-state index in [1.165, 1.54) is 11.2 Å². The molecule has 2 aromatic carbocycles. The Kier molecular flexibility index (Phi) is 8.24. The number of amides is 2. The van der Waals surface area contributed by atoms with Gasteiger partial charge < -0.3 is 25.2 Å². The molecule has 2 amide bonds. The van der Waals surface area contributed by atoms with Gasteiger partial charge in [-0.2, -0.15) is 4.31 Å². The maximum absolute atomic E-state index is 13.3. The van der Waals surface area contributed by atoms with Crippen LogP contribution in [0, 0.1) is 0 Å². The molecule has 10 nitrogen and oxygen atoms in total. The van der Waals surface area contributed by atoms with Crippen LogP contribution in [0.25, 0.3) is 0 Å². The molecular weight excluding hydrogens is 482 g/mol. The molecule has 2 N–H and O–H groups in total. The lowest BCUT2D eigenvalue weighted by molar-refractivity contribution is -0.114. The highest BCUT2D eigenvalue weighted by atomic mass is 32.2. The minimum Gasteiger partial charge on any atom is -0.379 e. The van der Waals surface area contributed by atoms with E-state index in [1.54, 1.807) is 42.5 Å². The molecule has 0 radical (unpaired) electrons. The highest BCUT2D eigenvalue weighted by molar-refractivity contribution is 7.89. The summed E-state index contributed by atoms with van der Waals surface area (Å²) in [5.41, 5.74) is 2.22. The van der Waals surface area contributed by atoms with Gasteiger partial charge in [0.1, 0.15) is 0 Å². The van der Waals surface area contributed by atoms with Gasteiger partial charge >= 0.3 is 0 Å². The number of nitrogens with zero attached hydrogens (tertiary/aromatic N) is 3. The van der Waals surface area contributed by atoms with E-state index >= 15 is 0 Å². The summed E-state index contributed by atoms with van der Waals surface area (Å²) in [6.07, 6.45) is 0. The molecule has 2 heterocycles. The first kappa shape index (κ1) is 26.1. The maximum Gasteiger partial charge on any atom is 0.255 e. The zero-order chi connectivity index (χ0) is 25.7. The van der Waals surface area contributed by atoms with E-state index in [4.69, 9.17) is 4.74 Å². The molecule has 0 atom stereocenters. The normalized spacial score (nSPS) is 17.6. The molecule has 2 saturated heterocycles. The lowest BCUT2D eigenvalue weighted by atomic mass is 10.1. The van der Waals surface area contributed by atoms with Crippen molar-refractivity contribution in [3.8, 4) is 0 Å². The van der Waals surface area contributed by atoms with Crippen LogP contribution in [-0.2, 0) is 19.6 Å². The molecule has 0 aromatic heterocycles. The Bertz CT molecular complexity index is 1190. The van der Waals surface area contributed by atoms with E-state index in [-0.39, 0.29) is 16.7 Å². The second kappa shape index (κ2) is 11.4. The van der Waals surface area contributed by atoms with E-state index < -0.39 is 10.0 Å². The third-order valence-electron chi connectivity index (χ3n) is 6.45. The third kappa shape index (κ3) is 6.04. The molecule has 0 aliphatic carbocycles. The fourth-order valence-electron chi connectivity index (χ4n) is 4.40. The first-order valence-corrected chi connectivity index (χ1v) is 13.6. The zero-order valence-corrected chi connectivity index (χ0v) is 21.5. The van der Waals surface area contributed by atoms with Gasteiger partial charge in [-0.25, -0.2) is 8.42 Å². The predicted octanol–water partition coefficient (Wildman–Crippen LogP) is 2.06. The average molecular weight is 516 g/mol. The summed E-state index contributed by atoms with van der Waals surface area (Å²) in [5, 5.41) is 5.61. The lowest BCUT2D eigenvalue weighted by Gasteiger charge is -2.36. The summed E-state index contributed by atoms with van der Waals surface area (Å²) in [6, 6.07) is 11.5. The summed E-state index contributed by atoms with van der Waals surface area (Å²) in [5.74, 6) is -0.558. The number of carbonyl (C=O) groups is 2. The molecule has 0 spiro atoms. The van der Waals surface area contributed by atoms with Crippen LogP contribution in [0.1, 0.15) is 24.2 Å². The Hall–Kier alpha value is -2.99. The molecular formula is C25H33N5O5S. The second-order valence-electron chi connectivity index (χ2n) is 8.83. The number of hydrogen-bond donors (Lipinski definition) is 2. The van der Waals surface area contributed by atoms with Crippen molar-refractivity contribution in [2.24, 2.45) is 0 Å². The molecule has 4 rings (SSSR count). The number of carbonyl (C=O) groups excluding carboxylic acids is 2. The van der Waals surface area contributed by atoms with Crippen LogP contribution in [0.5, 0.6) is 0 Å². The fraction of sp³-hybridized carbons (Fsp3) is 0.440. The Morgan fingerprint density at radius 1 is 0.917 bits per heavy atom. The Morgan fingerprint density at radius 3 is 2.19 bits per heavy atom. The Labute approximate surface area is 212 Å². The quantitative estimate of drug-likeness (QED) is 0.581. The molecule has 11 heteroatoms. The van der Waals surface area contributed by atoms with E-state index in [1.807, 2.05) is 0 Å². The van der Waals surface area contributed by atoms with Crippen molar-refractivity contribution in [1.29, 1.82) is 0 Å². The molecule has 2 aliphatic heterocycles. The van der Waals surface area contributed by atoms with Gasteiger partial charge in [0.15, 0.2) is 0 Å². The molecule has 2 fully saturated rings. The van der Waals surface area contributed by atoms with Gasteiger partial charge in [-0.1, -0.05) is 6.92 Å². The van der Waals surface area contributed by atoms with E-state index in [0.717, 1.165) is 38.4 Å². The van der Waals surface area contributed by atoms with E-state index in [0.29, 0.717) is 43.2 Å². The number of sulfonamides is 1. The van der Waals surface area contributed by atoms with Gasteiger partial charge in [0.25, 0.3) is 5.91 Å². The molecule has 194 valence electrons. The highest BCUT2D eigenvalue weighted by Gasteiger charge is 2.28. The van der Waals surface area contributed by atoms with Crippen molar-refractivity contribution in [3.05, 3.63) is 48.0 Å². The number of nitrogens with one attached hydrogen (secondary N) is 2. The monoisotopic (exact) mass is 515 g/mol. The fourth-order valence-corrected chi connectivity index (χ4v) is 5.83. The number of anilines is 3. The molecule has 0 unspecified atom stereocenters. The summed E-state index contributed by atoms with van der Waals surface area (Å²) >= 11 is 0. The van der Waals surface area contributed by atoms with Gasteiger partial charge in [-0.3, -0.25) is 9.59 Å². The van der Waals surface area contributed by atoms with Crippen molar-refractivity contribution in [1.82, 2.24) is 9.21 Å². The number of benzene rings is 2. The topological polar surface area (TPSA) is 111 Å². The number of hydrogen-bond acceptors (Lipinski definition) is 7. The first-order valence-electron chi connectivity index (χ1n) is 12.2. The van der Waals surface area contributed by atoms with Gasteiger partial charge in [-0.15, -0.1) is 0 Å². The minimum absolute atomic E-state index is 0.136. The van der Waals surface area contributed by atoms with Crippen molar-refractivity contribution in [3.63, 3.8) is 0 Å². The van der Waals surface area contributed by atoms with E-state index in [2.05, 4.69) is 27.4 Å². The SMILES string of the molecule is CCN1CCN(c2ccc(S(=O)(=O)N3CCOCC3)cc2NC(=O)c2ccc(NC(C)=O)cc2)CC1. The van der Waals surface area contributed by atoms with Crippen LogP contribution in [-0.4, -0.2) is 88.5 Å². The van der Waals surface area contributed by atoms with Crippen LogP contribution >= 0.6 is 0 Å². The molecule has 0 bridgehead atoms. The Morgan fingerprint density at radius 2 is 1.58 bits per heavy atom. The van der Waals surface area contributed by atoms with Gasteiger partial charge in [0.2, 0.25) is 15.9 Å². The first-order chi connectivity index (χ1) is 17.3. The number of ether oxygens (including phenoxy) is 1. The van der Waals surface area contributed by atoms with Gasteiger partial charge in [0.05, 0.1) is 29.5 Å². The predicted molar refractivity (Wildman–Crippen MR) is 139 cm³/mol. The van der Waals surface area contributed by atoms with Crippen molar-refractivity contribution < 1.29 is 22.7 Å². The molecule has 36 heavy (non-hydrogen) atoms. The smallest absolute Gasteiger partial charge is 0.255 e. The van der Waals surface area contributed by atoms with Crippen LogP contribution in [0.4, 0.5) is 17.1 Å². The summed E-state index contributed by atoms with van der Waals surface area (Å²) in [6.45, 7) is 9.16. The average Bonchev–Trinajstić information content (AvgIpc) is 2.89. The van der Waals surface area contributed by atoms with Crippen molar-refractivity contribution in [2.75, 3.05) is 74.6 Å². The number of morpholine rings is 1.